The van der Waals surface area contributed by atoms with E-state index in [1.54, 1.807) is 18.2 Å². The number of hydrogen-bond acceptors (Lipinski definition) is 5. The van der Waals surface area contributed by atoms with Crippen molar-refractivity contribution in [2.45, 2.75) is 0 Å². The second-order valence-corrected chi connectivity index (χ2v) is 5.63. The Labute approximate surface area is 147 Å². The number of halogens is 1. The first-order valence-corrected chi connectivity index (χ1v) is 7.65. The highest BCUT2D eigenvalue weighted by atomic mass is 35.5. The molecule has 6 nitrogen and oxygen atoms in total. The second-order valence-electron chi connectivity index (χ2n) is 5.23. The van der Waals surface area contributed by atoms with Crippen LogP contribution in [0.3, 0.4) is 0 Å². The zero-order valence-corrected chi connectivity index (χ0v) is 13.9. The fourth-order valence-electron chi connectivity index (χ4n) is 2.33. The van der Waals surface area contributed by atoms with Crippen LogP contribution in [0.25, 0.3) is 22.0 Å². The highest BCUT2D eigenvalue weighted by molar-refractivity contribution is 6.50. The molecule has 0 fully saturated rings. The van der Waals surface area contributed by atoms with Crippen molar-refractivity contribution in [3.8, 4) is 5.75 Å². The molecule has 0 atom stereocenters. The van der Waals surface area contributed by atoms with Crippen molar-refractivity contribution in [1.82, 2.24) is 9.97 Å². The molecule has 1 aromatic heterocycles. The molecule has 3 aromatic rings. The van der Waals surface area contributed by atoms with Crippen LogP contribution in [-0.2, 0) is 4.74 Å². The average molecular weight is 357 g/mol. The Morgan fingerprint density at radius 2 is 2.08 bits per heavy atom. The molecule has 126 valence electrons. The topological polar surface area (TPSA) is 92.3 Å². The Morgan fingerprint density at radius 1 is 1.28 bits per heavy atom. The first-order chi connectivity index (χ1) is 12.0. The van der Waals surface area contributed by atoms with Gasteiger partial charge in [0.05, 0.1) is 28.6 Å². The van der Waals surface area contributed by atoms with Crippen molar-refractivity contribution in [3.63, 3.8) is 0 Å². The van der Waals surface area contributed by atoms with Crippen LogP contribution < -0.4 is 5.56 Å². The van der Waals surface area contributed by atoms with Gasteiger partial charge < -0.3 is 14.8 Å². The molecule has 0 bridgehead atoms. The first kappa shape index (κ1) is 16.7. The number of aromatic hydroxyl groups is 1. The number of carbonyl (C=O) groups is 1. The predicted octanol–water partition coefficient (Wildman–Crippen LogP) is 3.15. The molecule has 3 rings (SSSR count). The summed E-state index contributed by atoms with van der Waals surface area (Å²) >= 11 is 6.25. The molecule has 1 heterocycles. The normalized spacial score (nSPS) is 11.5. The Hall–Kier alpha value is -3.12. The standard InChI is InChI=1S/C18H13ClN2O4/c1-25-18(24)11-5-6-13-15(9-11)20-16(21-17(13)23)14(19)8-10-3-2-4-12(22)7-10/h2-9,22H,1H3,(H,20,21,23)/b14-8-. The van der Waals surface area contributed by atoms with Crippen molar-refractivity contribution in [1.29, 1.82) is 0 Å². The summed E-state index contributed by atoms with van der Waals surface area (Å²) in [6, 6.07) is 10.9. The van der Waals surface area contributed by atoms with Gasteiger partial charge >= 0.3 is 5.97 Å². The van der Waals surface area contributed by atoms with Gasteiger partial charge in [0.15, 0.2) is 5.82 Å². The lowest BCUT2D eigenvalue weighted by Gasteiger charge is -2.04. The summed E-state index contributed by atoms with van der Waals surface area (Å²) in [5.74, 6) is -0.266. The van der Waals surface area contributed by atoms with E-state index >= 15 is 0 Å². The van der Waals surface area contributed by atoms with Gasteiger partial charge in [0.1, 0.15) is 5.75 Å². The second kappa shape index (κ2) is 6.78. The third kappa shape index (κ3) is 3.54. The van der Waals surface area contributed by atoms with E-state index in [1.807, 2.05) is 0 Å². The van der Waals surface area contributed by atoms with Crippen molar-refractivity contribution in [2.75, 3.05) is 7.11 Å². The highest BCUT2D eigenvalue weighted by Gasteiger charge is 2.11. The van der Waals surface area contributed by atoms with Gasteiger partial charge in [0.2, 0.25) is 0 Å². The number of fused-ring (bicyclic) bond motifs is 1. The Balaban J connectivity index is 2.10. The van der Waals surface area contributed by atoms with Crippen LogP contribution in [0.5, 0.6) is 5.75 Å². The van der Waals surface area contributed by atoms with Crippen molar-refractivity contribution in [3.05, 3.63) is 69.8 Å². The van der Waals surface area contributed by atoms with E-state index in [9.17, 15) is 14.7 Å². The summed E-state index contributed by atoms with van der Waals surface area (Å²) in [5, 5.41) is 10.0. The molecule has 2 N–H and O–H groups in total. The molecule has 7 heteroatoms. The fraction of sp³-hybridized carbons (Fsp3) is 0.0556. The quantitative estimate of drug-likeness (QED) is 0.703. The first-order valence-electron chi connectivity index (χ1n) is 7.27. The molecule has 0 saturated carbocycles. The number of methoxy groups -OCH3 is 1. The van der Waals surface area contributed by atoms with Crippen LogP contribution in [0.1, 0.15) is 21.7 Å². The summed E-state index contributed by atoms with van der Waals surface area (Å²) in [5.41, 5.74) is 0.881. The Morgan fingerprint density at radius 3 is 2.80 bits per heavy atom. The SMILES string of the molecule is COC(=O)c1ccc2c(=O)[nH]c(/C(Cl)=C/c3cccc(O)c3)nc2c1. The number of ether oxygens (including phenoxy) is 1. The van der Waals surface area contributed by atoms with Gasteiger partial charge in [-0.3, -0.25) is 4.79 Å². The van der Waals surface area contributed by atoms with Crippen molar-refractivity contribution < 1.29 is 14.6 Å². The van der Waals surface area contributed by atoms with Crippen LogP contribution in [0.2, 0.25) is 0 Å². The molecule has 0 aliphatic heterocycles. The molecule has 2 aromatic carbocycles. The Kier molecular flexibility index (Phi) is 4.54. The number of esters is 1. The smallest absolute Gasteiger partial charge is 0.337 e. The number of phenols is 1. The number of aromatic nitrogens is 2. The minimum absolute atomic E-state index is 0.0981. The van der Waals surface area contributed by atoms with Crippen LogP contribution in [0, 0.1) is 0 Å². The van der Waals surface area contributed by atoms with Gasteiger partial charge in [0, 0.05) is 0 Å². The maximum atomic E-state index is 12.2. The number of nitrogens with zero attached hydrogens (tertiary/aromatic N) is 1. The summed E-state index contributed by atoms with van der Waals surface area (Å²) in [7, 11) is 1.28. The lowest BCUT2D eigenvalue weighted by molar-refractivity contribution is 0.0601. The van der Waals surface area contributed by atoms with Crippen LogP contribution in [-0.4, -0.2) is 28.2 Å². The van der Waals surface area contributed by atoms with Gasteiger partial charge in [-0.15, -0.1) is 0 Å². The number of aromatic amines is 1. The number of carbonyl (C=O) groups excluding carboxylic acids is 1. The maximum Gasteiger partial charge on any atom is 0.337 e. The van der Waals surface area contributed by atoms with E-state index in [0.717, 1.165) is 0 Å². The maximum absolute atomic E-state index is 12.2. The predicted molar refractivity (Wildman–Crippen MR) is 95.5 cm³/mol. The number of phenolic OH excluding ortho intramolecular Hbond substituents is 1. The third-order valence-electron chi connectivity index (χ3n) is 3.52. The number of rotatable bonds is 3. The van der Waals surface area contributed by atoms with Crippen LogP contribution in [0.15, 0.2) is 47.3 Å². The molecule has 25 heavy (non-hydrogen) atoms. The number of nitrogens with one attached hydrogen (secondary N) is 1. The van der Waals surface area contributed by atoms with Gasteiger partial charge in [-0.25, -0.2) is 9.78 Å². The minimum atomic E-state index is -0.521. The zero-order valence-electron chi connectivity index (χ0n) is 13.1. The monoisotopic (exact) mass is 356 g/mol. The zero-order chi connectivity index (χ0) is 18.0. The van der Waals surface area contributed by atoms with E-state index in [4.69, 9.17) is 11.6 Å². The summed E-state index contributed by atoms with van der Waals surface area (Å²) in [6.07, 6.45) is 1.57. The molecule has 0 amide bonds. The van der Waals surface area contributed by atoms with E-state index < -0.39 is 5.97 Å². The summed E-state index contributed by atoms with van der Waals surface area (Å²) < 4.78 is 4.67. The van der Waals surface area contributed by atoms with Crippen molar-refractivity contribution in [2.24, 2.45) is 0 Å². The number of H-pyrrole nitrogens is 1. The van der Waals surface area contributed by atoms with E-state index in [0.29, 0.717) is 16.5 Å². The van der Waals surface area contributed by atoms with Gasteiger partial charge in [-0.1, -0.05) is 23.7 Å². The molecule has 0 spiro atoms. The Bertz CT molecular complexity index is 1060. The number of benzene rings is 2. The van der Waals surface area contributed by atoms with Crippen molar-refractivity contribution >= 4 is 39.6 Å². The van der Waals surface area contributed by atoms with Crippen LogP contribution in [0.4, 0.5) is 0 Å². The molecule has 0 radical (unpaired) electrons. The fourth-order valence-corrected chi connectivity index (χ4v) is 2.54. The van der Waals surface area contributed by atoms with E-state index in [-0.39, 0.29) is 27.7 Å². The molecular weight excluding hydrogens is 344 g/mol. The number of hydrogen-bond donors (Lipinski definition) is 2. The van der Waals surface area contributed by atoms with Gasteiger partial charge in [-0.05, 0) is 42.0 Å². The molecule has 0 aliphatic rings. The molecule has 0 saturated heterocycles. The molecule has 0 unspecified atom stereocenters. The van der Waals surface area contributed by atoms with E-state index in [2.05, 4.69) is 14.7 Å². The summed E-state index contributed by atoms with van der Waals surface area (Å²) in [6.45, 7) is 0. The third-order valence-corrected chi connectivity index (χ3v) is 3.81. The minimum Gasteiger partial charge on any atom is -0.508 e. The van der Waals surface area contributed by atoms with E-state index in [1.165, 1.54) is 37.4 Å². The molecule has 0 aliphatic carbocycles. The van der Waals surface area contributed by atoms with Crippen LogP contribution >= 0.6 is 11.6 Å². The lowest BCUT2D eigenvalue weighted by Crippen LogP contribution is -2.11. The van der Waals surface area contributed by atoms with Gasteiger partial charge in [0.25, 0.3) is 5.56 Å². The lowest BCUT2D eigenvalue weighted by atomic mass is 10.1. The van der Waals surface area contributed by atoms with Gasteiger partial charge in [-0.2, -0.15) is 0 Å². The average Bonchev–Trinajstić information content (AvgIpc) is 2.60. The largest absolute Gasteiger partial charge is 0.508 e. The summed E-state index contributed by atoms with van der Waals surface area (Å²) in [4.78, 5) is 30.8. The molecular formula is C18H13ClN2O4. The highest BCUT2D eigenvalue weighted by Crippen LogP contribution is 2.22.